The average molecular weight is 452 g/mol. The van der Waals surface area contributed by atoms with Gasteiger partial charge in [-0.05, 0) is 64.6 Å². The quantitative estimate of drug-likeness (QED) is 0.610. The molecule has 0 heterocycles. The standard InChI is InChI=1S/C15H12Cl2INOS/c16-13-6-1-10(7-14(13)17)8-21-9-15(20)19-12-4-2-11(18)3-5-12/h1-7H,8-9H2,(H,19,20). The lowest BCUT2D eigenvalue weighted by Gasteiger charge is -2.06. The zero-order valence-electron chi connectivity index (χ0n) is 10.9. The fourth-order valence-electron chi connectivity index (χ4n) is 1.62. The molecule has 0 spiro atoms. The van der Waals surface area contributed by atoms with Crippen LogP contribution in [0.5, 0.6) is 0 Å². The molecule has 6 heteroatoms. The van der Waals surface area contributed by atoms with Gasteiger partial charge in [0.05, 0.1) is 15.8 Å². The molecule has 0 aromatic heterocycles. The van der Waals surface area contributed by atoms with Crippen LogP contribution in [0.3, 0.4) is 0 Å². The Kier molecular flexibility index (Phi) is 6.67. The minimum absolute atomic E-state index is 0.0127. The lowest BCUT2D eigenvalue weighted by atomic mass is 10.2. The van der Waals surface area contributed by atoms with Crippen LogP contribution >= 0.6 is 57.6 Å². The second-order valence-corrected chi connectivity index (χ2v) is 7.34. The molecule has 0 aliphatic carbocycles. The molecule has 0 bridgehead atoms. The van der Waals surface area contributed by atoms with E-state index in [-0.39, 0.29) is 5.91 Å². The molecule has 0 atom stereocenters. The zero-order valence-corrected chi connectivity index (χ0v) is 15.4. The highest BCUT2D eigenvalue weighted by molar-refractivity contribution is 14.1. The molecule has 0 fully saturated rings. The summed E-state index contributed by atoms with van der Waals surface area (Å²) in [6.07, 6.45) is 0. The van der Waals surface area contributed by atoms with Crippen molar-refractivity contribution in [3.05, 3.63) is 61.6 Å². The lowest BCUT2D eigenvalue weighted by Crippen LogP contribution is -2.14. The van der Waals surface area contributed by atoms with Crippen molar-refractivity contribution in [2.24, 2.45) is 0 Å². The zero-order chi connectivity index (χ0) is 15.2. The van der Waals surface area contributed by atoms with Crippen molar-refractivity contribution in [1.82, 2.24) is 0 Å². The largest absolute Gasteiger partial charge is 0.325 e. The summed E-state index contributed by atoms with van der Waals surface area (Å²) in [4.78, 5) is 11.8. The van der Waals surface area contributed by atoms with Gasteiger partial charge in [0.1, 0.15) is 0 Å². The van der Waals surface area contributed by atoms with Gasteiger partial charge in [-0.2, -0.15) is 0 Å². The van der Waals surface area contributed by atoms with E-state index in [9.17, 15) is 4.79 Å². The predicted octanol–water partition coefficient (Wildman–Crippen LogP) is 5.47. The first-order valence-electron chi connectivity index (χ1n) is 6.11. The van der Waals surface area contributed by atoms with Crippen LogP contribution in [0, 0.1) is 3.57 Å². The molecule has 0 saturated heterocycles. The minimum atomic E-state index is -0.0127. The molecule has 2 nitrogen and oxygen atoms in total. The Hall–Kier alpha value is -0.430. The molecule has 0 saturated carbocycles. The number of hydrogen-bond donors (Lipinski definition) is 1. The van der Waals surface area contributed by atoms with Crippen molar-refractivity contribution >= 4 is 69.1 Å². The molecular formula is C15H12Cl2INOS. The fraction of sp³-hybridized carbons (Fsp3) is 0.133. The SMILES string of the molecule is O=C(CSCc1ccc(Cl)c(Cl)c1)Nc1ccc(I)cc1. The fourth-order valence-corrected chi connectivity index (χ4v) is 3.08. The van der Waals surface area contributed by atoms with E-state index >= 15 is 0 Å². The van der Waals surface area contributed by atoms with E-state index in [1.54, 1.807) is 6.07 Å². The third-order valence-corrected chi connectivity index (χ3v) is 5.08. The first kappa shape index (κ1) is 16.9. The maximum Gasteiger partial charge on any atom is 0.234 e. The van der Waals surface area contributed by atoms with Gasteiger partial charge in [0.2, 0.25) is 5.91 Å². The van der Waals surface area contributed by atoms with E-state index in [1.807, 2.05) is 36.4 Å². The molecule has 2 aromatic rings. The third kappa shape index (κ3) is 5.70. The molecule has 21 heavy (non-hydrogen) atoms. The minimum Gasteiger partial charge on any atom is -0.325 e. The van der Waals surface area contributed by atoms with Crippen LogP contribution in [0.1, 0.15) is 5.56 Å². The normalized spacial score (nSPS) is 10.4. The molecule has 0 aliphatic heterocycles. The topological polar surface area (TPSA) is 29.1 Å². The molecule has 0 aliphatic rings. The first-order chi connectivity index (χ1) is 10.0. The first-order valence-corrected chi connectivity index (χ1v) is 9.10. The maximum atomic E-state index is 11.8. The van der Waals surface area contributed by atoms with Gasteiger partial charge in [0.25, 0.3) is 0 Å². The number of hydrogen-bond acceptors (Lipinski definition) is 2. The Morgan fingerprint density at radius 1 is 1.10 bits per heavy atom. The van der Waals surface area contributed by atoms with Crippen LogP contribution in [-0.2, 0) is 10.5 Å². The number of benzene rings is 2. The van der Waals surface area contributed by atoms with E-state index in [4.69, 9.17) is 23.2 Å². The highest BCUT2D eigenvalue weighted by atomic mass is 127. The molecule has 2 aromatic carbocycles. The highest BCUT2D eigenvalue weighted by Crippen LogP contribution is 2.24. The van der Waals surface area contributed by atoms with Crippen molar-refractivity contribution in [3.63, 3.8) is 0 Å². The van der Waals surface area contributed by atoms with Gasteiger partial charge in [0, 0.05) is 15.0 Å². The summed E-state index contributed by atoms with van der Waals surface area (Å²) in [7, 11) is 0. The molecule has 1 amide bonds. The van der Waals surface area contributed by atoms with Crippen LogP contribution in [0.4, 0.5) is 5.69 Å². The smallest absolute Gasteiger partial charge is 0.234 e. The summed E-state index contributed by atoms with van der Waals surface area (Å²) in [5, 5.41) is 3.95. The van der Waals surface area contributed by atoms with Gasteiger partial charge in [-0.1, -0.05) is 29.3 Å². The van der Waals surface area contributed by atoms with Gasteiger partial charge < -0.3 is 5.32 Å². The van der Waals surface area contributed by atoms with Gasteiger partial charge in [-0.25, -0.2) is 0 Å². The maximum absolute atomic E-state index is 11.8. The summed E-state index contributed by atoms with van der Waals surface area (Å²) in [5.74, 6) is 1.10. The van der Waals surface area contributed by atoms with E-state index in [0.29, 0.717) is 15.8 Å². The van der Waals surface area contributed by atoms with Crippen LogP contribution in [0.25, 0.3) is 0 Å². The van der Waals surface area contributed by atoms with Crippen LogP contribution in [-0.4, -0.2) is 11.7 Å². The van der Waals surface area contributed by atoms with Crippen molar-refractivity contribution in [2.75, 3.05) is 11.1 Å². The number of amides is 1. The van der Waals surface area contributed by atoms with Gasteiger partial charge >= 0.3 is 0 Å². The van der Waals surface area contributed by atoms with Crippen molar-refractivity contribution in [2.45, 2.75) is 5.75 Å². The summed E-state index contributed by atoms with van der Waals surface area (Å²) in [6, 6.07) is 13.2. The van der Waals surface area contributed by atoms with Crippen LogP contribution in [0.2, 0.25) is 10.0 Å². The Morgan fingerprint density at radius 3 is 2.48 bits per heavy atom. The second-order valence-electron chi connectivity index (χ2n) is 4.30. The van der Waals surface area contributed by atoms with Crippen LogP contribution in [0.15, 0.2) is 42.5 Å². The van der Waals surface area contributed by atoms with Crippen molar-refractivity contribution in [3.8, 4) is 0 Å². The number of carbonyl (C=O) groups excluding carboxylic acids is 1. The molecular weight excluding hydrogens is 440 g/mol. The Bertz CT molecular complexity index is 634. The molecule has 110 valence electrons. The third-order valence-electron chi connectivity index (χ3n) is 2.61. The van der Waals surface area contributed by atoms with Crippen molar-refractivity contribution < 1.29 is 4.79 Å². The molecule has 0 radical (unpaired) electrons. The van der Waals surface area contributed by atoms with Crippen molar-refractivity contribution in [1.29, 1.82) is 0 Å². The number of rotatable bonds is 5. The lowest BCUT2D eigenvalue weighted by molar-refractivity contribution is -0.113. The summed E-state index contributed by atoms with van der Waals surface area (Å²) < 4.78 is 1.14. The Balaban J connectivity index is 1.78. The van der Waals surface area contributed by atoms with E-state index in [0.717, 1.165) is 20.6 Å². The van der Waals surface area contributed by atoms with Crippen LogP contribution < -0.4 is 5.32 Å². The highest BCUT2D eigenvalue weighted by Gasteiger charge is 2.04. The van der Waals surface area contributed by atoms with E-state index in [1.165, 1.54) is 11.8 Å². The molecule has 2 rings (SSSR count). The number of halogens is 3. The average Bonchev–Trinajstić information content (AvgIpc) is 2.45. The molecule has 1 N–H and O–H groups in total. The van der Waals surface area contributed by atoms with Gasteiger partial charge in [-0.15, -0.1) is 11.8 Å². The number of nitrogens with one attached hydrogen (secondary N) is 1. The molecule has 0 unspecified atom stereocenters. The summed E-state index contributed by atoms with van der Waals surface area (Å²) in [5.41, 5.74) is 1.87. The summed E-state index contributed by atoms with van der Waals surface area (Å²) in [6.45, 7) is 0. The van der Waals surface area contributed by atoms with E-state index in [2.05, 4.69) is 27.9 Å². The number of carbonyl (C=O) groups is 1. The van der Waals surface area contributed by atoms with Gasteiger partial charge in [0.15, 0.2) is 0 Å². The number of anilines is 1. The second kappa shape index (κ2) is 8.27. The van der Waals surface area contributed by atoms with E-state index < -0.39 is 0 Å². The monoisotopic (exact) mass is 451 g/mol. The number of thioether (sulfide) groups is 1. The Morgan fingerprint density at radius 2 is 1.81 bits per heavy atom. The predicted molar refractivity (Wildman–Crippen MR) is 100 cm³/mol. The van der Waals surface area contributed by atoms with Gasteiger partial charge in [-0.3, -0.25) is 4.79 Å². The summed E-state index contributed by atoms with van der Waals surface area (Å²) >= 11 is 15.6. The Labute approximate surface area is 151 Å².